The van der Waals surface area contributed by atoms with Crippen LogP contribution in [0.1, 0.15) is 131 Å². The molecule has 0 radical (unpaired) electrons. The van der Waals surface area contributed by atoms with Crippen LogP contribution in [0.4, 0.5) is 0 Å². The van der Waals surface area contributed by atoms with E-state index in [0.29, 0.717) is 57.8 Å². The molecule has 0 amide bonds. The van der Waals surface area contributed by atoms with E-state index in [-0.39, 0.29) is 56.3 Å². The highest BCUT2D eigenvalue weighted by Crippen LogP contribution is 2.55. The SMILES string of the molecule is CC1=C\[C@H](C)C[C@@]2(C)CC[C@@H](O2)[C@@]23CC[C@@](C(=O)O)(CC(O2)C2O[C@](C)(CC2=O)[C@@H](O)C2CC[C@]4(CCC[C@H](O4)[C@@H](C)C(=O)O[C@@H]4CC([C@@]5(O)OCC[C@@H](C)[C@H]5O)OC4\C=C\1)O2)O3. The summed E-state index contributed by atoms with van der Waals surface area (Å²) >= 11 is 0. The second-order valence-electron chi connectivity index (χ2n) is 21.1. The van der Waals surface area contributed by atoms with Crippen LogP contribution in [0.3, 0.4) is 0 Å². The van der Waals surface area contributed by atoms with Gasteiger partial charge >= 0.3 is 11.9 Å². The summed E-state index contributed by atoms with van der Waals surface area (Å²) in [5.41, 5.74) is -2.63. The number of carbonyl (C=O) groups is 3. The van der Waals surface area contributed by atoms with Gasteiger partial charge in [-0.1, -0.05) is 37.6 Å². The molecule has 10 bridgehead atoms. The molecule has 16 heteroatoms. The number of aliphatic hydroxyl groups excluding tert-OH is 2. The lowest BCUT2D eigenvalue weighted by atomic mass is 9.87. The van der Waals surface area contributed by atoms with Crippen molar-refractivity contribution >= 4 is 17.7 Å². The number of ether oxygens (including phenoxy) is 9. The summed E-state index contributed by atoms with van der Waals surface area (Å²) < 4.78 is 58.2. The van der Waals surface area contributed by atoms with Crippen LogP contribution in [-0.2, 0) is 57.0 Å². The van der Waals surface area contributed by atoms with Crippen LogP contribution >= 0.6 is 0 Å². The molecule has 63 heavy (non-hydrogen) atoms. The third-order valence-corrected chi connectivity index (χ3v) is 16.0. The minimum absolute atomic E-state index is 0.0310. The van der Waals surface area contributed by atoms with Crippen LogP contribution in [0, 0.1) is 17.8 Å². The van der Waals surface area contributed by atoms with Crippen molar-refractivity contribution < 1.29 is 77.4 Å². The van der Waals surface area contributed by atoms with E-state index in [0.717, 1.165) is 5.57 Å². The van der Waals surface area contributed by atoms with Gasteiger partial charge in [-0.05, 0) is 90.9 Å². The number of aliphatic carboxylic acids is 1. The molecule has 5 unspecified atom stereocenters. The number of rotatable bonds is 2. The molecule has 9 aliphatic heterocycles. The molecule has 8 fully saturated rings. The molecular formula is C47H68O16. The fourth-order valence-corrected chi connectivity index (χ4v) is 12.5. The first kappa shape index (κ1) is 45.8. The zero-order valence-corrected chi connectivity index (χ0v) is 37.5. The summed E-state index contributed by atoms with van der Waals surface area (Å²) in [5.74, 6) is -7.29. The molecule has 0 aromatic carbocycles. The highest BCUT2D eigenvalue weighted by Gasteiger charge is 2.68. The predicted molar refractivity (Wildman–Crippen MR) is 220 cm³/mol. The second-order valence-corrected chi connectivity index (χ2v) is 21.1. The van der Waals surface area contributed by atoms with E-state index in [9.17, 15) is 34.8 Å². The first-order chi connectivity index (χ1) is 29.7. The Bertz CT molecular complexity index is 1860. The maximum atomic E-state index is 14.1. The molecule has 8 saturated heterocycles. The summed E-state index contributed by atoms with van der Waals surface area (Å²) in [6.45, 7) is 11.6. The Balaban J connectivity index is 1.01. The van der Waals surface area contributed by atoms with Gasteiger partial charge in [0.1, 0.15) is 48.3 Å². The van der Waals surface area contributed by atoms with Gasteiger partial charge in [-0.3, -0.25) is 9.59 Å². The minimum Gasteiger partial charge on any atom is -0.479 e. The number of esters is 1. The third kappa shape index (κ3) is 8.18. The Kier molecular flexibility index (Phi) is 12.0. The number of hydrogen-bond donors (Lipinski definition) is 4. The minimum atomic E-state index is -1.99. The fraction of sp³-hybridized carbons (Fsp3) is 0.851. The summed E-state index contributed by atoms with van der Waals surface area (Å²) in [4.78, 5) is 40.9. The van der Waals surface area contributed by atoms with E-state index in [2.05, 4.69) is 13.0 Å². The number of hydrogen-bond acceptors (Lipinski definition) is 15. The smallest absolute Gasteiger partial charge is 0.336 e. The molecule has 0 aliphatic carbocycles. The van der Waals surface area contributed by atoms with Crippen molar-refractivity contribution in [3.8, 4) is 0 Å². The first-order valence-electron chi connectivity index (χ1n) is 23.5. The van der Waals surface area contributed by atoms with E-state index in [4.69, 9.17) is 42.6 Å². The number of carboxylic acids is 1. The maximum Gasteiger partial charge on any atom is 0.336 e. The number of aliphatic hydroxyl groups is 3. The van der Waals surface area contributed by atoms with Gasteiger partial charge in [-0.2, -0.15) is 0 Å². The van der Waals surface area contributed by atoms with Crippen LogP contribution in [0.25, 0.3) is 0 Å². The normalized spacial score (nSPS) is 54.2. The van der Waals surface area contributed by atoms with Crippen molar-refractivity contribution in [1.82, 2.24) is 0 Å². The monoisotopic (exact) mass is 888 g/mol. The van der Waals surface area contributed by atoms with Gasteiger partial charge in [-0.15, -0.1) is 0 Å². The molecule has 19 atom stereocenters. The van der Waals surface area contributed by atoms with E-state index in [1.54, 1.807) is 13.8 Å². The van der Waals surface area contributed by atoms with Crippen molar-refractivity contribution in [2.45, 2.75) is 227 Å². The fourth-order valence-electron chi connectivity index (χ4n) is 12.5. The number of carbonyl (C=O) groups excluding carboxylic acids is 2. The first-order valence-corrected chi connectivity index (χ1v) is 23.5. The van der Waals surface area contributed by atoms with Crippen LogP contribution in [0.15, 0.2) is 23.8 Å². The molecule has 2 spiro atoms. The Morgan fingerprint density at radius 1 is 0.810 bits per heavy atom. The van der Waals surface area contributed by atoms with Gasteiger partial charge in [0.15, 0.2) is 23.0 Å². The van der Waals surface area contributed by atoms with Gasteiger partial charge in [0.25, 0.3) is 0 Å². The lowest BCUT2D eigenvalue weighted by Gasteiger charge is -2.46. The van der Waals surface area contributed by atoms with Crippen molar-refractivity contribution in [3.63, 3.8) is 0 Å². The Morgan fingerprint density at radius 2 is 1.59 bits per heavy atom. The molecule has 0 aromatic rings. The zero-order chi connectivity index (χ0) is 44.9. The molecule has 4 N–H and O–H groups in total. The number of allylic oxidation sites excluding steroid dienone is 3. The standard InChI is InChI=1S/C47H68O16/c1-25-9-10-31-33(21-36(56-31)47(54)38(49)27(3)13-19-55-47)57-40(51)28(4)30-8-7-14-45(58-30)16-11-32(59-45)39(50)43(6)23-29(48)37(62-43)34-24-44(41(52)53)17-18-46(60-34,63-44)35-12-15-42(5,61-35)22-26(2)20-25/h9-10,20,26-28,30-39,49-50,54H,7-8,11-19,21-24H2,1-6H3,(H,52,53)/b10-9+,25-20+/t26-,27+,28+,30-,31?,32?,33+,34?,35+,36?,37?,38+,39-,42+,43+,44-,45-,46-,47+/m0/s1. The van der Waals surface area contributed by atoms with E-state index in [1.165, 1.54) is 0 Å². The molecule has 16 nitrogen and oxygen atoms in total. The number of ketones is 1. The van der Waals surface area contributed by atoms with Gasteiger partial charge in [-0.25, -0.2) is 4.79 Å². The van der Waals surface area contributed by atoms with E-state index < -0.39 is 113 Å². The molecular weight excluding hydrogens is 821 g/mol. The summed E-state index contributed by atoms with van der Waals surface area (Å²) in [6.07, 6.45) is 2.32. The van der Waals surface area contributed by atoms with Crippen molar-refractivity contribution in [1.29, 1.82) is 0 Å². The van der Waals surface area contributed by atoms with Gasteiger partial charge in [0, 0.05) is 38.5 Å². The molecule has 352 valence electrons. The average Bonchev–Trinajstić information content (AvgIpc) is 4.06. The summed E-state index contributed by atoms with van der Waals surface area (Å²) in [5, 5.41) is 45.4. The number of fused-ring (bicyclic) bond motifs is 10. The van der Waals surface area contributed by atoms with E-state index in [1.807, 2.05) is 32.9 Å². The largest absolute Gasteiger partial charge is 0.479 e. The number of carboxylic acid groups (broad SMARTS) is 1. The van der Waals surface area contributed by atoms with Crippen LogP contribution in [0.2, 0.25) is 0 Å². The van der Waals surface area contributed by atoms with Crippen molar-refractivity contribution in [2.75, 3.05) is 6.61 Å². The Morgan fingerprint density at radius 3 is 2.37 bits per heavy atom. The molecule has 9 rings (SSSR count). The highest BCUT2D eigenvalue weighted by molar-refractivity contribution is 5.87. The van der Waals surface area contributed by atoms with Gasteiger partial charge < -0.3 is 63.1 Å². The molecule has 0 saturated carbocycles. The van der Waals surface area contributed by atoms with E-state index >= 15 is 0 Å². The van der Waals surface area contributed by atoms with Crippen molar-refractivity contribution in [2.24, 2.45) is 17.8 Å². The van der Waals surface area contributed by atoms with Crippen molar-refractivity contribution in [3.05, 3.63) is 23.8 Å². The average molecular weight is 889 g/mol. The second kappa shape index (κ2) is 16.5. The third-order valence-electron chi connectivity index (χ3n) is 16.0. The molecule has 0 aromatic heterocycles. The molecule has 9 heterocycles. The van der Waals surface area contributed by atoms with Gasteiger partial charge in [0.2, 0.25) is 5.79 Å². The van der Waals surface area contributed by atoms with Crippen LogP contribution in [0.5, 0.6) is 0 Å². The summed E-state index contributed by atoms with van der Waals surface area (Å²) in [7, 11) is 0. The van der Waals surface area contributed by atoms with Crippen LogP contribution < -0.4 is 0 Å². The molecule has 9 aliphatic rings. The predicted octanol–water partition coefficient (Wildman–Crippen LogP) is 4.32. The summed E-state index contributed by atoms with van der Waals surface area (Å²) in [6, 6.07) is 0. The lowest BCUT2D eigenvalue weighted by Crippen LogP contribution is -2.60. The lowest BCUT2D eigenvalue weighted by molar-refractivity contribution is -0.358. The number of Topliss-reactive ketones (excluding diaryl/α,β-unsaturated/α-hetero) is 1. The Hall–Kier alpha value is -2.35. The maximum absolute atomic E-state index is 14.1. The quantitative estimate of drug-likeness (QED) is 0.284. The zero-order valence-electron chi connectivity index (χ0n) is 37.5. The van der Waals surface area contributed by atoms with Gasteiger partial charge in [0.05, 0.1) is 36.4 Å². The van der Waals surface area contributed by atoms with Crippen LogP contribution in [-0.4, -0.2) is 140 Å². The Labute approximate surface area is 369 Å². The highest BCUT2D eigenvalue weighted by atomic mass is 16.8. The topological polar surface area (TPSA) is 215 Å².